The smallest absolute Gasteiger partial charge is 0.189 e. The van der Waals surface area contributed by atoms with Crippen molar-refractivity contribution >= 4 is 12.2 Å². The second-order valence-electron chi connectivity index (χ2n) is 6.33. The van der Waals surface area contributed by atoms with Crippen molar-refractivity contribution in [1.29, 1.82) is 0 Å². The van der Waals surface area contributed by atoms with Crippen LogP contribution in [0.2, 0.25) is 0 Å². The van der Waals surface area contributed by atoms with E-state index in [1.165, 1.54) is 6.07 Å². The average Bonchev–Trinajstić information content (AvgIpc) is 2.75. The van der Waals surface area contributed by atoms with E-state index in [0.29, 0.717) is 18.6 Å². The normalized spacial score (nSPS) is 10.5. The highest BCUT2D eigenvalue weighted by atomic mass is 19.1. The summed E-state index contributed by atoms with van der Waals surface area (Å²) >= 11 is 0. The Morgan fingerprint density at radius 1 is 0.786 bits per heavy atom. The second kappa shape index (κ2) is 9.67. The molecule has 0 N–H and O–H groups in total. The molecule has 0 radical (unpaired) electrons. The number of hydrogen-bond donors (Lipinski definition) is 0. The van der Waals surface area contributed by atoms with Crippen molar-refractivity contribution in [3.05, 3.63) is 102 Å². The molecule has 3 rings (SSSR count). The number of benzene rings is 3. The number of ether oxygens (including phenoxy) is 2. The van der Waals surface area contributed by atoms with Crippen LogP contribution in [0.15, 0.2) is 79.9 Å². The van der Waals surface area contributed by atoms with Gasteiger partial charge in [0, 0.05) is 0 Å². The van der Waals surface area contributed by atoms with E-state index >= 15 is 0 Å². The van der Waals surface area contributed by atoms with Crippen LogP contribution in [0, 0.1) is 5.82 Å². The van der Waals surface area contributed by atoms with E-state index in [1.54, 1.807) is 12.1 Å². The van der Waals surface area contributed by atoms with Crippen LogP contribution in [-0.4, -0.2) is 13.4 Å². The van der Waals surface area contributed by atoms with Gasteiger partial charge in [-0.1, -0.05) is 73.8 Å². The third-order valence-corrected chi connectivity index (χ3v) is 4.47. The zero-order chi connectivity index (χ0) is 19.8. The van der Waals surface area contributed by atoms with E-state index < -0.39 is 0 Å². The largest absolute Gasteiger partial charge is 0.468 e. The molecule has 0 heterocycles. The zero-order valence-electron chi connectivity index (χ0n) is 15.7. The van der Waals surface area contributed by atoms with Gasteiger partial charge in [0.25, 0.3) is 0 Å². The van der Waals surface area contributed by atoms with Gasteiger partial charge in [0.05, 0.1) is 6.61 Å². The molecule has 0 atom stereocenters. The van der Waals surface area contributed by atoms with Crippen LogP contribution >= 0.6 is 0 Å². The molecule has 0 fully saturated rings. The lowest BCUT2D eigenvalue weighted by atomic mass is 10.0. The van der Waals surface area contributed by atoms with Crippen molar-refractivity contribution in [1.82, 2.24) is 0 Å². The molecule has 0 saturated carbocycles. The highest BCUT2D eigenvalue weighted by Crippen LogP contribution is 2.23. The molecule has 0 unspecified atom stereocenters. The van der Waals surface area contributed by atoms with Gasteiger partial charge in [-0.15, -0.1) is 0 Å². The fraction of sp³-hybridized carbons (Fsp3) is 0.120. The van der Waals surface area contributed by atoms with Crippen molar-refractivity contribution in [2.75, 3.05) is 13.4 Å². The molecule has 2 nitrogen and oxygen atoms in total. The Hall–Kier alpha value is -3.17. The summed E-state index contributed by atoms with van der Waals surface area (Å²) in [5.74, 6) is 0.492. The van der Waals surface area contributed by atoms with Crippen LogP contribution in [0.5, 0.6) is 5.75 Å². The van der Waals surface area contributed by atoms with Crippen LogP contribution in [0.1, 0.15) is 16.7 Å². The maximum atomic E-state index is 13.9. The van der Waals surface area contributed by atoms with Crippen molar-refractivity contribution in [3.8, 4) is 16.9 Å². The SMILES string of the molecule is C=Cc1ccc(-c2ccc(OCOCCc3ccc(C=C)cc3F)cc2)cc1. The first-order valence-corrected chi connectivity index (χ1v) is 9.14. The predicted molar refractivity (Wildman–Crippen MR) is 114 cm³/mol. The fourth-order valence-corrected chi connectivity index (χ4v) is 2.80. The molecule has 3 heteroatoms. The molecule has 0 bridgehead atoms. The minimum absolute atomic E-state index is 0.125. The highest BCUT2D eigenvalue weighted by Gasteiger charge is 2.03. The molecule has 3 aromatic rings. The van der Waals surface area contributed by atoms with Gasteiger partial charge in [0.15, 0.2) is 6.79 Å². The minimum atomic E-state index is -0.237. The van der Waals surface area contributed by atoms with E-state index in [1.807, 2.05) is 48.5 Å². The molecule has 0 amide bonds. The van der Waals surface area contributed by atoms with Crippen LogP contribution in [0.3, 0.4) is 0 Å². The summed E-state index contributed by atoms with van der Waals surface area (Å²) in [5, 5.41) is 0. The van der Waals surface area contributed by atoms with Crippen molar-refractivity contribution in [2.24, 2.45) is 0 Å². The van der Waals surface area contributed by atoms with E-state index in [4.69, 9.17) is 9.47 Å². The molecule has 3 aromatic carbocycles. The Kier molecular flexibility index (Phi) is 6.77. The molecule has 0 aliphatic carbocycles. The number of hydrogen-bond acceptors (Lipinski definition) is 2. The second-order valence-corrected chi connectivity index (χ2v) is 6.33. The van der Waals surface area contributed by atoms with Gasteiger partial charge >= 0.3 is 0 Å². The number of rotatable bonds is 9. The van der Waals surface area contributed by atoms with Gasteiger partial charge in [0.2, 0.25) is 0 Å². The van der Waals surface area contributed by atoms with Gasteiger partial charge in [-0.05, 0) is 52.4 Å². The summed E-state index contributed by atoms with van der Waals surface area (Å²) in [7, 11) is 0. The minimum Gasteiger partial charge on any atom is -0.468 e. The molecular weight excluding hydrogens is 351 g/mol. The maximum Gasteiger partial charge on any atom is 0.189 e. The molecular formula is C25H23FO2. The van der Waals surface area contributed by atoms with Crippen LogP contribution in [0.25, 0.3) is 23.3 Å². The van der Waals surface area contributed by atoms with Gasteiger partial charge in [-0.3, -0.25) is 0 Å². The topological polar surface area (TPSA) is 18.5 Å². The quantitative estimate of drug-likeness (QED) is 0.320. The van der Waals surface area contributed by atoms with E-state index in [9.17, 15) is 4.39 Å². The molecule has 0 aliphatic heterocycles. The Morgan fingerprint density at radius 2 is 1.39 bits per heavy atom. The number of halogens is 1. The molecule has 0 saturated heterocycles. The van der Waals surface area contributed by atoms with E-state index in [0.717, 1.165) is 28.0 Å². The van der Waals surface area contributed by atoms with E-state index in [-0.39, 0.29) is 12.6 Å². The van der Waals surface area contributed by atoms with Gasteiger partial charge in [-0.25, -0.2) is 4.39 Å². The Labute approximate surface area is 165 Å². The first-order chi connectivity index (χ1) is 13.7. The highest BCUT2D eigenvalue weighted by molar-refractivity contribution is 5.66. The van der Waals surface area contributed by atoms with Gasteiger partial charge in [-0.2, -0.15) is 0 Å². The lowest BCUT2D eigenvalue weighted by Gasteiger charge is -2.09. The summed E-state index contributed by atoms with van der Waals surface area (Å²) in [5.41, 5.74) is 4.74. The molecule has 0 aliphatic rings. The summed E-state index contributed by atoms with van der Waals surface area (Å²) < 4.78 is 25.0. The van der Waals surface area contributed by atoms with Crippen molar-refractivity contribution < 1.29 is 13.9 Å². The fourth-order valence-electron chi connectivity index (χ4n) is 2.80. The zero-order valence-corrected chi connectivity index (χ0v) is 15.7. The van der Waals surface area contributed by atoms with Crippen molar-refractivity contribution in [2.45, 2.75) is 6.42 Å². The summed E-state index contributed by atoms with van der Waals surface area (Å²) in [6.07, 6.45) is 3.94. The lowest BCUT2D eigenvalue weighted by Crippen LogP contribution is -2.06. The lowest BCUT2D eigenvalue weighted by molar-refractivity contribution is 0.0167. The molecule has 28 heavy (non-hydrogen) atoms. The van der Waals surface area contributed by atoms with Crippen LogP contribution in [-0.2, 0) is 11.2 Å². The molecule has 0 aromatic heterocycles. The van der Waals surface area contributed by atoms with Gasteiger partial charge < -0.3 is 9.47 Å². The average molecular weight is 374 g/mol. The molecule has 0 spiro atoms. The maximum absolute atomic E-state index is 13.9. The Balaban J connectivity index is 1.45. The monoisotopic (exact) mass is 374 g/mol. The third kappa shape index (κ3) is 5.18. The van der Waals surface area contributed by atoms with Crippen LogP contribution in [0.4, 0.5) is 4.39 Å². The van der Waals surface area contributed by atoms with E-state index in [2.05, 4.69) is 25.3 Å². The summed E-state index contributed by atoms with van der Waals surface area (Å²) in [6, 6.07) is 21.1. The first-order valence-electron chi connectivity index (χ1n) is 9.14. The predicted octanol–water partition coefficient (Wildman–Crippen LogP) is 6.37. The van der Waals surface area contributed by atoms with Crippen LogP contribution < -0.4 is 4.74 Å². The van der Waals surface area contributed by atoms with Crippen molar-refractivity contribution in [3.63, 3.8) is 0 Å². The Morgan fingerprint density at radius 3 is 2.00 bits per heavy atom. The first kappa shape index (κ1) is 19.6. The van der Waals surface area contributed by atoms with Gasteiger partial charge in [0.1, 0.15) is 11.6 Å². The molecule has 142 valence electrons. The standard InChI is InChI=1S/C25H23FO2/c1-3-19-5-8-21(9-6-19)22-11-13-24(14-12-22)28-18-27-16-15-23-10-7-20(4-2)17-25(23)26/h3-14,17H,1-2,15-16,18H2. The Bertz CT molecular complexity index is 928. The summed E-state index contributed by atoms with van der Waals surface area (Å²) in [6.45, 7) is 7.91. The third-order valence-electron chi connectivity index (χ3n) is 4.47. The summed E-state index contributed by atoms with van der Waals surface area (Å²) in [4.78, 5) is 0.